The van der Waals surface area contributed by atoms with Gasteiger partial charge in [0.2, 0.25) is 11.7 Å². The highest BCUT2D eigenvalue weighted by Crippen LogP contribution is 2.48. The number of hydrogen-bond donors (Lipinski definition) is 2. The SMILES string of the molecule is Cc1cc(-c2nn[nH]n2)ccc1C(=O)N1C[C@@H]2CCC[C@]2(C(N)=O)C1. The first kappa shape index (κ1) is 15.7. The number of primary amides is 1. The fourth-order valence-corrected chi connectivity index (χ4v) is 4.34. The summed E-state index contributed by atoms with van der Waals surface area (Å²) < 4.78 is 0. The van der Waals surface area contributed by atoms with Crippen molar-refractivity contribution in [1.82, 2.24) is 25.5 Å². The predicted octanol–water partition coefficient (Wildman–Crippen LogP) is 0.903. The summed E-state index contributed by atoms with van der Waals surface area (Å²) in [5.74, 6) is 0.361. The highest BCUT2D eigenvalue weighted by atomic mass is 16.2. The van der Waals surface area contributed by atoms with Crippen LogP contribution < -0.4 is 5.73 Å². The number of aryl methyl sites for hydroxylation is 1. The van der Waals surface area contributed by atoms with Gasteiger partial charge >= 0.3 is 0 Å². The van der Waals surface area contributed by atoms with Gasteiger partial charge in [0.1, 0.15) is 0 Å². The van der Waals surface area contributed by atoms with Crippen LogP contribution in [0.25, 0.3) is 11.4 Å². The number of carbonyl (C=O) groups excluding carboxylic acids is 2. The van der Waals surface area contributed by atoms with Crippen LogP contribution in [0.4, 0.5) is 0 Å². The molecule has 0 spiro atoms. The number of benzene rings is 1. The molecule has 2 aliphatic rings. The van der Waals surface area contributed by atoms with Gasteiger partial charge in [-0.1, -0.05) is 12.5 Å². The fraction of sp³-hybridized carbons (Fsp3) is 0.471. The van der Waals surface area contributed by atoms with E-state index in [1.807, 2.05) is 19.1 Å². The zero-order chi connectivity index (χ0) is 17.6. The first-order valence-corrected chi connectivity index (χ1v) is 8.45. The Morgan fingerprint density at radius 2 is 2.24 bits per heavy atom. The quantitative estimate of drug-likeness (QED) is 0.861. The Hall–Kier alpha value is -2.77. The molecule has 1 aromatic heterocycles. The lowest BCUT2D eigenvalue weighted by Crippen LogP contribution is -2.41. The van der Waals surface area contributed by atoms with Gasteiger partial charge in [0, 0.05) is 24.2 Å². The van der Waals surface area contributed by atoms with Gasteiger partial charge in [0.25, 0.3) is 5.91 Å². The molecular formula is C17H20N6O2. The first-order chi connectivity index (χ1) is 12.0. The number of carbonyl (C=O) groups is 2. The number of likely N-dealkylation sites (tertiary alicyclic amines) is 1. The van der Waals surface area contributed by atoms with Gasteiger partial charge in [-0.2, -0.15) is 5.21 Å². The van der Waals surface area contributed by atoms with Crippen molar-refractivity contribution in [2.24, 2.45) is 17.1 Å². The lowest BCUT2D eigenvalue weighted by atomic mass is 9.80. The zero-order valence-electron chi connectivity index (χ0n) is 14.0. The normalized spacial score (nSPS) is 25.2. The van der Waals surface area contributed by atoms with Crippen LogP contribution >= 0.6 is 0 Å². The molecule has 0 bridgehead atoms. The van der Waals surface area contributed by atoms with E-state index in [-0.39, 0.29) is 17.7 Å². The number of hydrogen-bond acceptors (Lipinski definition) is 5. The van der Waals surface area contributed by atoms with Crippen LogP contribution in [0, 0.1) is 18.3 Å². The highest BCUT2D eigenvalue weighted by Gasteiger charge is 2.54. The first-order valence-electron chi connectivity index (χ1n) is 8.45. The van der Waals surface area contributed by atoms with Crippen LogP contribution in [0.15, 0.2) is 18.2 Å². The summed E-state index contributed by atoms with van der Waals surface area (Å²) in [4.78, 5) is 26.8. The molecule has 1 saturated heterocycles. The number of aromatic amines is 1. The van der Waals surface area contributed by atoms with Gasteiger partial charge in [0.15, 0.2) is 0 Å². The van der Waals surface area contributed by atoms with Gasteiger partial charge in [-0.05, 0) is 48.6 Å². The van der Waals surface area contributed by atoms with Crippen molar-refractivity contribution in [2.45, 2.75) is 26.2 Å². The summed E-state index contributed by atoms with van der Waals surface area (Å²) in [5, 5.41) is 13.9. The molecule has 0 radical (unpaired) electrons. The molecule has 1 aromatic carbocycles. The van der Waals surface area contributed by atoms with Gasteiger partial charge in [-0.3, -0.25) is 9.59 Å². The number of nitrogens with one attached hydrogen (secondary N) is 1. The predicted molar refractivity (Wildman–Crippen MR) is 89.2 cm³/mol. The average Bonchev–Trinajstić information content (AvgIpc) is 3.29. The summed E-state index contributed by atoms with van der Waals surface area (Å²) in [7, 11) is 0. The molecule has 8 heteroatoms. The molecule has 2 aromatic rings. The third-order valence-corrected chi connectivity index (χ3v) is 5.71. The maximum absolute atomic E-state index is 13.0. The van der Waals surface area contributed by atoms with Gasteiger partial charge < -0.3 is 10.6 Å². The minimum atomic E-state index is -0.534. The Morgan fingerprint density at radius 3 is 2.88 bits per heavy atom. The second-order valence-electron chi connectivity index (χ2n) is 7.06. The van der Waals surface area contributed by atoms with E-state index < -0.39 is 5.41 Å². The number of nitrogens with zero attached hydrogens (tertiary/aromatic N) is 4. The summed E-state index contributed by atoms with van der Waals surface area (Å²) >= 11 is 0. The fourth-order valence-electron chi connectivity index (χ4n) is 4.34. The van der Waals surface area contributed by atoms with E-state index in [9.17, 15) is 9.59 Å². The molecule has 2 heterocycles. The maximum Gasteiger partial charge on any atom is 0.254 e. The van der Waals surface area contributed by atoms with Crippen LogP contribution in [0.5, 0.6) is 0 Å². The Labute approximate surface area is 144 Å². The number of amides is 2. The van der Waals surface area contributed by atoms with Crippen LogP contribution in [0.1, 0.15) is 35.2 Å². The minimum Gasteiger partial charge on any atom is -0.369 e. The number of rotatable bonds is 3. The number of H-pyrrole nitrogens is 1. The maximum atomic E-state index is 13.0. The lowest BCUT2D eigenvalue weighted by molar-refractivity contribution is -0.128. The van der Waals surface area contributed by atoms with E-state index in [1.54, 1.807) is 11.0 Å². The zero-order valence-corrected chi connectivity index (χ0v) is 14.0. The average molecular weight is 340 g/mol. The third-order valence-electron chi connectivity index (χ3n) is 5.71. The van der Waals surface area contributed by atoms with Crippen molar-refractivity contribution in [2.75, 3.05) is 13.1 Å². The molecule has 1 saturated carbocycles. The van der Waals surface area contributed by atoms with E-state index in [4.69, 9.17) is 5.73 Å². The smallest absolute Gasteiger partial charge is 0.254 e. The van der Waals surface area contributed by atoms with Crippen LogP contribution in [0.3, 0.4) is 0 Å². The standard InChI is InChI=1S/C17H20N6O2/c1-10-7-11(14-19-21-22-20-14)4-5-13(10)15(24)23-8-12-3-2-6-17(12,9-23)16(18)25/h4-5,7,12H,2-3,6,8-9H2,1H3,(H2,18,25)(H,19,20,21,22)/t12-,17-/m0/s1. The lowest BCUT2D eigenvalue weighted by Gasteiger charge is -2.24. The van der Waals surface area contributed by atoms with Crippen molar-refractivity contribution >= 4 is 11.8 Å². The summed E-state index contributed by atoms with van der Waals surface area (Å²) in [6.07, 6.45) is 2.75. The van der Waals surface area contributed by atoms with Crippen molar-refractivity contribution in [3.8, 4) is 11.4 Å². The van der Waals surface area contributed by atoms with Gasteiger partial charge in [0.05, 0.1) is 5.41 Å². The summed E-state index contributed by atoms with van der Waals surface area (Å²) in [6, 6.07) is 5.47. The molecule has 3 N–H and O–H groups in total. The number of aromatic nitrogens is 4. The van der Waals surface area contributed by atoms with E-state index in [1.165, 1.54) is 0 Å². The molecule has 2 atom stereocenters. The Balaban J connectivity index is 1.59. The highest BCUT2D eigenvalue weighted by molar-refractivity contribution is 5.97. The van der Waals surface area contributed by atoms with Crippen molar-refractivity contribution < 1.29 is 9.59 Å². The topological polar surface area (TPSA) is 118 Å². The van der Waals surface area contributed by atoms with E-state index in [0.29, 0.717) is 24.5 Å². The Morgan fingerprint density at radius 1 is 1.40 bits per heavy atom. The van der Waals surface area contributed by atoms with Crippen LogP contribution in [-0.4, -0.2) is 50.4 Å². The molecule has 25 heavy (non-hydrogen) atoms. The number of fused-ring (bicyclic) bond motifs is 1. The van der Waals surface area contributed by atoms with Gasteiger partial charge in [-0.25, -0.2) is 0 Å². The molecule has 1 aliphatic heterocycles. The monoisotopic (exact) mass is 340 g/mol. The molecule has 2 amide bonds. The Bertz CT molecular complexity index is 834. The van der Waals surface area contributed by atoms with E-state index >= 15 is 0 Å². The third kappa shape index (κ3) is 2.40. The van der Waals surface area contributed by atoms with Crippen LogP contribution in [-0.2, 0) is 4.79 Å². The van der Waals surface area contributed by atoms with Crippen LogP contribution in [0.2, 0.25) is 0 Å². The van der Waals surface area contributed by atoms with Crippen molar-refractivity contribution in [1.29, 1.82) is 0 Å². The number of nitrogens with two attached hydrogens (primary N) is 1. The molecule has 4 rings (SSSR count). The molecule has 2 fully saturated rings. The molecule has 8 nitrogen and oxygen atoms in total. The second kappa shape index (κ2) is 5.65. The van der Waals surface area contributed by atoms with Crippen molar-refractivity contribution in [3.63, 3.8) is 0 Å². The summed E-state index contributed by atoms with van der Waals surface area (Å²) in [6.45, 7) is 2.92. The van der Waals surface area contributed by atoms with Gasteiger partial charge in [-0.15, -0.1) is 10.2 Å². The summed E-state index contributed by atoms with van der Waals surface area (Å²) in [5.41, 5.74) is 7.42. The second-order valence-corrected chi connectivity index (χ2v) is 7.06. The molecule has 1 aliphatic carbocycles. The van der Waals surface area contributed by atoms with E-state index in [2.05, 4.69) is 20.6 Å². The minimum absolute atomic E-state index is 0.0489. The Kier molecular flexibility index (Phi) is 3.55. The molecular weight excluding hydrogens is 320 g/mol. The largest absolute Gasteiger partial charge is 0.369 e. The molecule has 0 unspecified atom stereocenters. The van der Waals surface area contributed by atoms with Crippen molar-refractivity contribution in [3.05, 3.63) is 29.3 Å². The molecule has 130 valence electrons. The number of tetrazole rings is 1. The van der Waals surface area contributed by atoms with E-state index in [0.717, 1.165) is 30.4 Å².